The Bertz CT molecular complexity index is 2170. The molecule has 0 saturated carbocycles. The quantitative estimate of drug-likeness (QED) is 0.210. The minimum atomic E-state index is -0.00908. The van der Waals surface area contributed by atoms with Gasteiger partial charge in [0.1, 0.15) is 0 Å². The summed E-state index contributed by atoms with van der Waals surface area (Å²) in [6, 6.07) is 53.7. The number of benzene rings is 7. The second-order valence-electron chi connectivity index (χ2n) is 12.4. The third kappa shape index (κ3) is 4.23. The molecule has 0 unspecified atom stereocenters. The molecule has 0 spiro atoms. The van der Waals surface area contributed by atoms with Crippen molar-refractivity contribution in [3.05, 3.63) is 162 Å². The standard InChI is InChI=1S/C42H33N/c1-28-12-19-35(20-13-28)43(37-22-23-41-39(27-37)38-10-6-7-11-40(38)42(41,2)3)36-21-18-33-25-32(16-17-34(33)26-36)31-15-14-29-8-4-5-9-30(29)24-31/h4-27H,1-3H3. The fourth-order valence-corrected chi connectivity index (χ4v) is 6.91. The normalized spacial score (nSPS) is 13.2. The molecule has 1 aliphatic carbocycles. The minimum Gasteiger partial charge on any atom is -0.310 e. The lowest BCUT2D eigenvalue weighted by Crippen LogP contribution is -2.15. The van der Waals surface area contributed by atoms with Crippen LogP contribution >= 0.6 is 0 Å². The molecule has 43 heavy (non-hydrogen) atoms. The van der Waals surface area contributed by atoms with E-state index in [0.717, 1.165) is 11.4 Å². The first kappa shape index (κ1) is 25.6. The summed E-state index contributed by atoms with van der Waals surface area (Å²) in [5.74, 6) is 0. The Morgan fingerprint density at radius 1 is 0.419 bits per heavy atom. The molecule has 0 bridgehead atoms. The molecule has 0 saturated heterocycles. The van der Waals surface area contributed by atoms with Gasteiger partial charge in [0.25, 0.3) is 0 Å². The molecule has 1 heteroatoms. The van der Waals surface area contributed by atoms with E-state index in [1.807, 2.05) is 0 Å². The molecule has 0 atom stereocenters. The van der Waals surface area contributed by atoms with Gasteiger partial charge in [0.2, 0.25) is 0 Å². The maximum absolute atomic E-state index is 2.39. The molecule has 0 radical (unpaired) electrons. The van der Waals surface area contributed by atoms with E-state index in [2.05, 4.69) is 171 Å². The van der Waals surface area contributed by atoms with Crippen LogP contribution in [0.3, 0.4) is 0 Å². The molecule has 1 aliphatic rings. The highest BCUT2D eigenvalue weighted by Crippen LogP contribution is 2.50. The molecule has 8 rings (SSSR count). The topological polar surface area (TPSA) is 3.24 Å². The van der Waals surface area contributed by atoms with E-state index >= 15 is 0 Å². The van der Waals surface area contributed by atoms with Crippen LogP contribution in [0.2, 0.25) is 0 Å². The van der Waals surface area contributed by atoms with Gasteiger partial charge in [-0.1, -0.05) is 116 Å². The highest BCUT2D eigenvalue weighted by atomic mass is 15.1. The van der Waals surface area contributed by atoms with Gasteiger partial charge in [-0.15, -0.1) is 0 Å². The van der Waals surface area contributed by atoms with E-state index in [9.17, 15) is 0 Å². The van der Waals surface area contributed by atoms with E-state index in [4.69, 9.17) is 0 Å². The second-order valence-corrected chi connectivity index (χ2v) is 12.4. The van der Waals surface area contributed by atoms with Crippen LogP contribution in [0, 0.1) is 6.92 Å². The molecule has 7 aromatic carbocycles. The molecule has 0 heterocycles. The Balaban J connectivity index is 1.24. The average Bonchev–Trinajstić information content (AvgIpc) is 3.27. The zero-order valence-electron chi connectivity index (χ0n) is 24.8. The first-order valence-electron chi connectivity index (χ1n) is 15.1. The number of aryl methyl sites for hydroxylation is 1. The van der Waals surface area contributed by atoms with Crippen molar-refractivity contribution in [3.8, 4) is 22.3 Å². The second kappa shape index (κ2) is 9.71. The minimum absolute atomic E-state index is 0.00908. The number of fused-ring (bicyclic) bond motifs is 5. The first-order chi connectivity index (χ1) is 21.0. The zero-order valence-corrected chi connectivity index (χ0v) is 24.8. The van der Waals surface area contributed by atoms with Crippen molar-refractivity contribution < 1.29 is 0 Å². The molecule has 7 aromatic rings. The van der Waals surface area contributed by atoms with Gasteiger partial charge >= 0.3 is 0 Å². The van der Waals surface area contributed by atoms with E-state index in [-0.39, 0.29) is 5.41 Å². The Hall–Kier alpha value is -5.14. The predicted octanol–water partition coefficient (Wildman–Crippen LogP) is 11.7. The van der Waals surface area contributed by atoms with Gasteiger partial charge in [-0.3, -0.25) is 0 Å². The average molecular weight is 552 g/mol. The molecule has 0 fully saturated rings. The zero-order chi connectivity index (χ0) is 29.1. The summed E-state index contributed by atoms with van der Waals surface area (Å²) in [4.78, 5) is 2.39. The highest BCUT2D eigenvalue weighted by molar-refractivity contribution is 5.94. The van der Waals surface area contributed by atoms with Crippen LogP contribution in [0.1, 0.15) is 30.5 Å². The Morgan fingerprint density at radius 3 is 1.74 bits per heavy atom. The maximum Gasteiger partial charge on any atom is 0.0468 e. The molecule has 0 aromatic heterocycles. The van der Waals surface area contributed by atoms with Gasteiger partial charge in [-0.25, -0.2) is 0 Å². The Kier molecular flexibility index (Phi) is 5.77. The summed E-state index contributed by atoms with van der Waals surface area (Å²) >= 11 is 0. The van der Waals surface area contributed by atoms with Crippen LogP contribution in [-0.4, -0.2) is 0 Å². The molecule has 0 aliphatic heterocycles. The van der Waals surface area contributed by atoms with Crippen LogP contribution < -0.4 is 4.90 Å². The third-order valence-electron chi connectivity index (χ3n) is 9.28. The number of hydrogen-bond acceptors (Lipinski definition) is 1. The fourth-order valence-electron chi connectivity index (χ4n) is 6.91. The lowest BCUT2D eigenvalue weighted by atomic mass is 9.82. The van der Waals surface area contributed by atoms with Crippen molar-refractivity contribution in [1.29, 1.82) is 0 Å². The third-order valence-corrected chi connectivity index (χ3v) is 9.28. The molecule has 0 amide bonds. The Labute approximate surface area is 253 Å². The van der Waals surface area contributed by atoms with E-state index < -0.39 is 0 Å². The predicted molar refractivity (Wildman–Crippen MR) is 184 cm³/mol. The molecular formula is C42H33N. The monoisotopic (exact) mass is 551 g/mol. The number of anilines is 3. The SMILES string of the molecule is Cc1ccc(N(c2ccc3c(c2)-c2ccccc2C3(C)C)c2ccc3cc(-c4ccc5ccccc5c4)ccc3c2)cc1. The van der Waals surface area contributed by atoms with Crippen molar-refractivity contribution in [3.63, 3.8) is 0 Å². The van der Waals surface area contributed by atoms with Crippen LogP contribution in [0.25, 0.3) is 43.8 Å². The lowest BCUT2D eigenvalue weighted by molar-refractivity contribution is 0.660. The molecule has 1 nitrogen and oxygen atoms in total. The van der Waals surface area contributed by atoms with Crippen LogP contribution in [0.15, 0.2) is 146 Å². The van der Waals surface area contributed by atoms with Crippen molar-refractivity contribution in [2.24, 2.45) is 0 Å². The van der Waals surface area contributed by atoms with E-state index in [1.165, 1.54) is 66.2 Å². The van der Waals surface area contributed by atoms with E-state index in [1.54, 1.807) is 0 Å². The van der Waals surface area contributed by atoms with Gasteiger partial charge < -0.3 is 4.90 Å². The number of nitrogens with zero attached hydrogens (tertiary/aromatic N) is 1. The van der Waals surface area contributed by atoms with Gasteiger partial charge in [0, 0.05) is 22.5 Å². The highest BCUT2D eigenvalue weighted by Gasteiger charge is 2.35. The molecule has 0 N–H and O–H groups in total. The summed E-state index contributed by atoms with van der Waals surface area (Å²) in [7, 11) is 0. The smallest absolute Gasteiger partial charge is 0.0468 e. The van der Waals surface area contributed by atoms with E-state index in [0.29, 0.717) is 0 Å². The summed E-state index contributed by atoms with van der Waals surface area (Å²) in [5, 5.41) is 5.01. The lowest BCUT2D eigenvalue weighted by Gasteiger charge is -2.27. The molecule has 206 valence electrons. The maximum atomic E-state index is 2.39. The summed E-state index contributed by atoms with van der Waals surface area (Å²) < 4.78 is 0. The van der Waals surface area contributed by atoms with Crippen molar-refractivity contribution in [2.45, 2.75) is 26.2 Å². The summed E-state index contributed by atoms with van der Waals surface area (Å²) in [6.45, 7) is 6.82. The van der Waals surface area contributed by atoms with Crippen molar-refractivity contribution in [2.75, 3.05) is 4.90 Å². The first-order valence-corrected chi connectivity index (χ1v) is 15.1. The van der Waals surface area contributed by atoms with Crippen molar-refractivity contribution >= 4 is 38.6 Å². The van der Waals surface area contributed by atoms with Gasteiger partial charge in [0.05, 0.1) is 0 Å². The van der Waals surface area contributed by atoms with Gasteiger partial charge in [-0.2, -0.15) is 0 Å². The Morgan fingerprint density at radius 2 is 0.953 bits per heavy atom. The number of rotatable bonds is 4. The van der Waals surface area contributed by atoms with Crippen LogP contribution in [0.5, 0.6) is 0 Å². The summed E-state index contributed by atoms with van der Waals surface area (Å²) in [5.41, 5.74) is 12.7. The van der Waals surface area contributed by atoms with Crippen LogP contribution in [-0.2, 0) is 5.41 Å². The summed E-state index contributed by atoms with van der Waals surface area (Å²) in [6.07, 6.45) is 0. The van der Waals surface area contributed by atoms with Gasteiger partial charge in [0.15, 0.2) is 0 Å². The van der Waals surface area contributed by atoms with Gasteiger partial charge in [-0.05, 0) is 110 Å². The van der Waals surface area contributed by atoms with Crippen molar-refractivity contribution in [1.82, 2.24) is 0 Å². The molecular weight excluding hydrogens is 518 g/mol. The number of hydrogen-bond donors (Lipinski definition) is 0. The largest absolute Gasteiger partial charge is 0.310 e. The fraction of sp³-hybridized carbons (Fsp3) is 0.0952. The van der Waals surface area contributed by atoms with Crippen LogP contribution in [0.4, 0.5) is 17.1 Å².